The maximum atomic E-state index is 11.4. The maximum Gasteiger partial charge on any atom is 0.275 e. The Bertz CT molecular complexity index is 434. The van der Waals surface area contributed by atoms with Crippen LogP contribution in [0.3, 0.4) is 0 Å². The first kappa shape index (κ1) is 14.5. The van der Waals surface area contributed by atoms with Crippen LogP contribution in [0.5, 0.6) is 0 Å². The number of nitrogens with one attached hydrogen (secondary N) is 1. The lowest BCUT2D eigenvalue weighted by Gasteiger charge is -2.35. The van der Waals surface area contributed by atoms with E-state index in [-0.39, 0.29) is 5.91 Å². The van der Waals surface area contributed by atoms with Crippen molar-refractivity contribution in [1.82, 2.24) is 15.2 Å². The number of likely N-dealkylation sites (tertiary alicyclic amines) is 1. The molecule has 3 N–H and O–H groups in total. The normalized spacial score (nSPS) is 20.7. The first-order valence-corrected chi connectivity index (χ1v) is 7.40. The molecule has 0 spiro atoms. The molecule has 2 heterocycles. The summed E-state index contributed by atoms with van der Waals surface area (Å²) in [5.74, 6) is 4.93. The zero-order valence-corrected chi connectivity index (χ0v) is 12.4. The molecule has 6 heteroatoms. The van der Waals surface area contributed by atoms with Crippen molar-refractivity contribution in [3.63, 3.8) is 0 Å². The van der Waals surface area contributed by atoms with E-state index in [1.165, 1.54) is 35.6 Å². The summed E-state index contributed by atoms with van der Waals surface area (Å²) in [4.78, 5) is 18.0. The van der Waals surface area contributed by atoms with Gasteiger partial charge in [-0.05, 0) is 45.6 Å². The van der Waals surface area contributed by atoms with Crippen LogP contribution in [0.25, 0.3) is 0 Å². The average Bonchev–Trinajstić information content (AvgIpc) is 2.86. The monoisotopic (exact) mass is 282 g/mol. The molecule has 1 fully saturated rings. The van der Waals surface area contributed by atoms with Crippen LogP contribution in [0.15, 0.2) is 12.1 Å². The molecule has 19 heavy (non-hydrogen) atoms. The van der Waals surface area contributed by atoms with E-state index in [4.69, 9.17) is 5.84 Å². The summed E-state index contributed by atoms with van der Waals surface area (Å²) in [7, 11) is 4.33. The van der Waals surface area contributed by atoms with Gasteiger partial charge >= 0.3 is 0 Å². The molecule has 0 bridgehead atoms. The third kappa shape index (κ3) is 3.76. The van der Waals surface area contributed by atoms with Crippen molar-refractivity contribution >= 4 is 17.2 Å². The van der Waals surface area contributed by atoms with Gasteiger partial charge in [0.25, 0.3) is 5.91 Å². The zero-order valence-electron chi connectivity index (χ0n) is 11.6. The van der Waals surface area contributed by atoms with E-state index < -0.39 is 0 Å². The summed E-state index contributed by atoms with van der Waals surface area (Å²) in [6.07, 6.45) is 2.51. The van der Waals surface area contributed by atoms with E-state index in [9.17, 15) is 4.79 Å². The number of rotatable bonds is 4. The van der Waals surface area contributed by atoms with Crippen LogP contribution >= 0.6 is 11.3 Å². The highest BCUT2D eigenvalue weighted by Crippen LogP contribution is 2.21. The maximum absolute atomic E-state index is 11.4. The van der Waals surface area contributed by atoms with Crippen LogP contribution in [0.4, 0.5) is 0 Å². The summed E-state index contributed by atoms with van der Waals surface area (Å²) >= 11 is 1.51. The number of amides is 1. The smallest absolute Gasteiger partial charge is 0.275 e. The van der Waals surface area contributed by atoms with Crippen LogP contribution in [0.1, 0.15) is 27.4 Å². The molecule has 1 unspecified atom stereocenters. The number of hydrazine groups is 1. The van der Waals surface area contributed by atoms with Gasteiger partial charge in [-0.25, -0.2) is 5.84 Å². The van der Waals surface area contributed by atoms with E-state index in [0.717, 1.165) is 13.1 Å². The van der Waals surface area contributed by atoms with E-state index in [2.05, 4.69) is 29.3 Å². The van der Waals surface area contributed by atoms with Gasteiger partial charge in [0.2, 0.25) is 0 Å². The molecule has 1 amide bonds. The number of nitrogens with two attached hydrogens (primary N) is 1. The first-order valence-electron chi connectivity index (χ1n) is 6.58. The van der Waals surface area contributed by atoms with Crippen molar-refractivity contribution < 1.29 is 4.79 Å². The number of piperidine rings is 1. The molecule has 0 aromatic carbocycles. The fourth-order valence-electron chi connectivity index (χ4n) is 2.53. The average molecular weight is 282 g/mol. The second-order valence-corrected chi connectivity index (χ2v) is 6.38. The predicted molar refractivity (Wildman–Crippen MR) is 78.0 cm³/mol. The predicted octanol–water partition coefficient (Wildman–Crippen LogP) is 0.878. The van der Waals surface area contributed by atoms with Crippen molar-refractivity contribution in [3.8, 4) is 0 Å². The van der Waals surface area contributed by atoms with Gasteiger partial charge < -0.3 is 4.90 Å². The van der Waals surface area contributed by atoms with E-state index in [1.54, 1.807) is 0 Å². The summed E-state index contributed by atoms with van der Waals surface area (Å²) in [5.41, 5.74) is 2.17. The highest BCUT2D eigenvalue weighted by molar-refractivity contribution is 7.14. The minimum Gasteiger partial charge on any atom is -0.305 e. The first-order chi connectivity index (χ1) is 9.10. The second kappa shape index (κ2) is 6.47. The Morgan fingerprint density at radius 2 is 2.42 bits per heavy atom. The Balaban J connectivity index is 1.93. The summed E-state index contributed by atoms with van der Waals surface area (Å²) in [6, 6.07) is 4.45. The Labute approximate surface area is 118 Å². The minimum absolute atomic E-state index is 0.212. The van der Waals surface area contributed by atoms with Gasteiger partial charge in [-0.1, -0.05) is 0 Å². The molecular formula is C13H22N4OS. The summed E-state index contributed by atoms with van der Waals surface area (Å²) in [6.45, 7) is 3.21. The fourth-order valence-corrected chi connectivity index (χ4v) is 3.50. The molecule has 0 saturated carbocycles. The van der Waals surface area contributed by atoms with Gasteiger partial charge in [-0.15, -0.1) is 11.3 Å². The van der Waals surface area contributed by atoms with Gasteiger partial charge in [0.05, 0.1) is 4.88 Å². The van der Waals surface area contributed by atoms with Gasteiger partial charge in [0.1, 0.15) is 0 Å². The third-order valence-corrected chi connectivity index (χ3v) is 4.71. The molecule has 1 atom stereocenters. The lowest BCUT2D eigenvalue weighted by Crippen LogP contribution is -2.44. The number of hydrogen-bond acceptors (Lipinski definition) is 5. The molecule has 0 aliphatic carbocycles. The van der Waals surface area contributed by atoms with Crippen LogP contribution in [0, 0.1) is 0 Å². The standard InChI is InChI=1S/C13H22N4OS/c1-16-7-3-4-10(8-16)17(2)9-11-5-6-12(19-11)13(18)15-14/h5-6,10H,3-4,7-9,14H2,1-2H3,(H,15,18). The number of carbonyl (C=O) groups excluding carboxylic acids is 1. The summed E-state index contributed by atoms with van der Waals surface area (Å²) < 4.78 is 0. The molecule has 1 aromatic heterocycles. The van der Waals surface area contributed by atoms with E-state index in [1.807, 2.05) is 12.1 Å². The lowest BCUT2D eigenvalue weighted by molar-refractivity contribution is 0.0957. The van der Waals surface area contributed by atoms with Crippen molar-refractivity contribution in [2.75, 3.05) is 27.2 Å². The number of thiophene rings is 1. The van der Waals surface area contributed by atoms with Crippen LogP contribution in [0.2, 0.25) is 0 Å². The van der Waals surface area contributed by atoms with Crippen molar-refractivity contribution in [2.24, 2.45) is 5.84 Å². The van der Waals surface area contributed by atoms with Crippen molar-refractivity contribution in [1.29, 1.82) is 0 Å². The van der Waals surface area contributed by atoms with Gasteiger partial charge in [0, 0.05) is 24.0 Å². The molecule has 1 aliphatic rings. The minimum atomic E-state index is -0.212. The quantitative estimate of drug-likeness (QED) is 0.489. The molecule has 1 aromatic rings. The third-order valence-electron chi connectivity index (χ3n) is 3.64. The molecule has 106 valence electrons. The Morgan fingerprint density at radius 3 is 3.11 bits per heavy atom. The lowest BCUT2D eigenvalue weighted by atomic mass is 10.1. The van der Waals surface area contributed by atoms with Crippen molar-refractivity contribution in [2.45, 2.75) is 25.4 Å². The topological polar surface area (TPSA) is 61.6 Å². The Morgan fingerprint density at radius 1 is 1.63 bits per heavy atom. The van der Waals surface area contributed by atoms with Crippen molar-refractivity contribution in [3.05, 3.63) is 21.9 Å². The zero-order chi connectivity index (χ0) is 13.8. The number of nitrogens with zero attached hydrogens (tertiary/aromatic N) is 2. The highest BCUT2D eigenvalue weighted by atomic mass is 32.1. The largest absolute Gasteiger partial charge is 0.305 e. The number of hydrogen-bond donors (Lipinski definition) is 2. The molecule has 2 rings (SSSR count). The number of likely N-dealkylation sites (N-methyl/N-ethyl adjacent to an activating group) is 2. The van der Waals surface area contributed by atoms with E-state index >= 15 is 0 Å². The molecule has 5 nitrogen and oxygen atoms in total. The number of carbonyl (C=O) groups is 1. The second-order valence-electron chi connectivity index (χ2n) is 5.21. The van der Waals surface area contributed by atoms with Crippen LogP contribution in [-0.4, -0.2) is 48.9 Å². The highest BCUT2D eigenvalue weighted by Gasteiger charge is 2.21. The SMILES string of the molecule is CN1CCCC(N(C)Cc2ccc(C(=O)NN)s2)C1. The van der Waals surface area contributed by atoms with Gasteiger partial charge in [0.15, 0.2) is 0 Å². The number of nitrogen functional groups attached to an aromatic ring is 1. The van der Waals surface area contributed by atoms with Crippen LogP contribution < -0.4 is 11.3 Å². The van der Waals surface area contributed by atoms with E-state index in [0.29, 0.717) is 10.9 Å². The molecule has 1 aliphatic heterocycles. The Kier molecular flexibility index (Phi) is 4.93. The fraction of sp³-hybridized carbons (Fsp3) is 0.615. The molecular weight excluding hydrogens is 260 g/mol. The Hall–Kier alpha value is -0.950. The van der Waals surface area contributed by atoms with Crippen LogP contribution in [-0.2, 0) is 6.54 Å². The summed E-state index contributed by atoms with van der Waals surface area (Å²) in [5, 5.41) is 0. The van der Waals surface area contributed by atoms with Gasteiger partial charge in [-0.2, -0.15) is 0 Å². The molecule has 0 radical (unpaired) electrons. The molecule has 1 saturated heterocycles. The van der Waals surface area contributed by atoms with Gasteiger partial charge in [-0.3, -0.25) is 15.1 Å².